The summed E-state index contributed by atoms with van der Waals surface area (Å²) < 4.78 is 77.1. The van der Waals surface area contributed by atoms with Crippen LogP contribution in [0.5, 0.6) is 11.5 Å². The van der Waals surface area contributed by atoms with Crippen LogP contribution < -0.4 is 9.47 Å². The van der Waals surface area contributed by atoms with Crippen LogP contribution in [0.1, 0.15) is 24.0 Å². The molecule has 0 radical (unpaired) electrons. The van der Waals surface area contributed by atoms with Gasteiger partial charge in [-0.2, -0.15) is 13.2 Å². The van der Waals surface area contributed by atoms with Crippen molar-refractivity contribution in [2.24, 2.45) is 5.92 Å². The van der Waals surface area contributed by atoms with E-state index >= 15 is 0 Å². The molecule has 12 heteroatoms. The lowest BCUT2D eigenvalue weighted by molar-refractivity contribution is -0.137. The Morgan fingerprint density at radius 1 is 1.06 bits per heavy atom. The van der Waals surface area contributed by atoms with Crippen LogP contribution in [0.2, 0.25) is 5.02 Å². The molecular formula is C22H21ClF3NO6S. The molecule has 1 atom stereocenters. The summed E-state index contributed by atoms with van der Waals surface area (Å²) in [6.07, 6.45) is -4.84. The van der Waals surface area contributed by atoms with Gasteiger partial charge in [0.1, 0.15) is 16.4 Å². The van der Waals surface area contributed by atoms with E-state index in [1.54, 1.807) is 18.2 Å². The quantitative estimate of drug-likeness (QED) is 0.570. The predicted molar refractivity (Wildman–Crippen MR) is 116 cm³/mol. The summed E-state index contributed by atoms with van der Waals surface area (Å²) in [7, 11) is -2.35. The lowest BCUT2D eigenvalue weighted by atomic mass is 9.93. The molecule has 0 bridgehead atoms. The number of amides is 1. The number of carbonyl (C=O) groups excluding carboxylic acids is 2. The van der Waals surface area contributed by atoms with Gasteiger partial charge in [-0.15, -0.1) is 0 Å². The molecule has 0 aromatic heterocycles. The summed E-state index contributed by atoms with van der Waals surface area (Å²) in [5, 5.41) is 0.367. The Bertz CT molecular complexity index is 1220. The molecule has 1 amide bonds. The minimum atomic E-state index is -4.86. The first-order chi connectivity index (χ1) is 15.9. The van der Waals surface area contributed by atoms with E-state index in [-0.39, 0.29) is 25.0 Å². The number of Topliss-reactive ketones (excluding diaryl/α,β-unsaturated/α-hetero) is 1. The van der Waals surface area contributed by atoms with Crippen molar-refractivity contribution in [3.05, 3.63) is 52.5 Å². The molecule has 3 rings (SSSR count). The maximum absolute atomic E-state index is 13.4. The standard InChI is InChI=1S/C22H21ClF3NO6S/c1-32-18-8-5-16(23)10-14(18)9-13-3-6-17(28)12-27(21(13)29)34(30,31)20-11-15(22(24,25)26)4-7-19(20)33-2/h4-5,7-8,10-11,13H,3,6,9,12H2,1-2H3. The first kappa shape index (κ1) is 25.8. The Morgan fingerprint density at radius 3 is 2.32 bits per heavy atom. The molecule has 184 valence electrons. The lowest BCUT2D eigenvalue weighted by Crippen LogP contribution is -2.42. The Labute approximate surface area is 199 Å². The summed E-state index contributed by atoms with van der Waals surface area (Å²) in [5.74, 6) is -2.37. The fourth-order valence-corrected chi connectivity index (χ4v) is 5.53. The van der Waals surface area contributed by atoms with Gasteiger partial charge in [0.2, 0.25) is 5.91 Å². The van der Waals surface area contributed by atoms with Crippen LogP contribution in [0.25, 0.3) is 0 Å². The van der Waals surface area contributed by atoms with Crippen LogP contribution in [-0.2, 0) is 32.2 Å². The van der Waals surface area contributed by atoms with Gasteiger partial charge in [-0.1, -0.05) is 11.6 Å². The molecule has 1 unspecified atom stereocenters. The van der Waals surface area contributed by atoms with Gasteiger partial charge < -0.3 is 9.47 Å². The highest BCUT2D eigenvalue weighted by Crippen LogP contribution is 2.37. The third-order valence-corrected chi connectivity index (χ3v) is 7.45. The largest absolute Gasteiger partial charge is 0.496 e. The Morgan fingerprint density at radius 2 is 1.71 bits per heavy atom. The number of hydrogen-bond donors (Lipinski definition) is 0. The van der Waals surface area contributed by atoms with Crippen molar-refractivity contribution in [1.29, 1.82) is 0 Å². The lowest BCUT2D eigenvalue weighted by Gasteiger charge is -2.25. The van der Waals surface area contributed by atoms with Crippen LogP contribution in [-0.4, -0.2) is 45.2 Å². The summed E-state index contributed by atoms with van der Waals surface area (Å²) in [6.45, 7) is -0.788. The summed E-state index contributed by atoms with van der Waals surface area (Å²) in [4.78, 5) is 24.8. The normalized spacial score (nSPS) is 17.5. The number of sulfonamides is 1. The molecular weight excluding hydrogens is 499 g/mol. The maximum Gasteiger partial charge on any atom is 0.416 e. The number of benzene rings is 2. The number of methoxy groups -OCH3 is 2. The van der Waals surface area contributed by atoms with Crippen molar-refractivity contribution >= 4 is 33.3 Å². The van der Waals surface area contributed by atoms with Gasteiger partial charge in [0.05, 0.1) is 26.3 Å². The van der Waals surface area contributed by atoms with E-state index < -0.39 is 50.8 Å². The number of carbonyl (C=O) groups is 2. The number of nitrogens with zero attached hydrogens (tertiary/aromatic N) is 1. The third kappa shape index (κ3) is 5.30. The molecule has 1 fully saturated rings. The van der Waals surface area contributed by atoms with Crippen LogP contribution in [0.4, 0.5) is 13.2 Å². The van der Waals surface area contributed by atoms with Gasteiger partial charge >= 0.3 is 6.18 Å². The molecule has 0 N–H and O–H groups in total. The number of hydrogen-bond acceptors (Lipinski definition) is 6. The second kappa shape index (κ2) is 9.83. The zero-order valence-electron chi connectivity index (χ0n) is 18.2. The van der Waals surface area contributed by atoms with E-state index in [1.807, 2.05) is 0 Å². The second-order valence-corrected chi connectivity index (χ2v) is 9.92. The highest BCUT2D eigenvalue weighted by atomic mass is 35.5. The summed E-state index contributed by atoms with van der Waals surface area (Å²) in [5.41, 5.74) is -0.711. The average molecular weight is 520 g/mol. The SMILES string of the molecule is COc1ccc(Cl)cc1CC1CCC(=O)CN(S(=O)(=O)c2cc(C(F)(F)F)ccc2OC)C1=O. The van der Waals surface area contributed by atoms with Gasteiger partial charge in [0, 0.05) is 17.4 Å². The molecule has 0 spiro atoms. The number of ether oxygens (including phenoxy) is 2. The predicted octanol–water partition coefficient (Wildman–Crippen LogP) is 4.12. The molecule has 1 heterocycles. The van der Waals surface area contributed by atoms with E-state index in [1.165, 1.54) is 7.11 Å². The topological polar surface area (TPSA) is 90.0 Å². The van der Waals surface area contributed by atoms with Crippen LogP contribution in [0.15, 0.2) is 41.3 Å². The number of alkyl halides is 3. The highest BCUT2D eigenvalue weighted by Gasteiger charge is 2.41. The maximum atomic E-state index is 13.4. The monoisotopic (exact) mass is 519 g/mol. The van der Waals surface area contributed by atoms with Crippen molar-refractivity contribution in [1.82, 2.24) is 4.31 Å². The Hall–Kier alpha value is -2.79. The highest BCUT2D eigenvalue weighted by molar-refractivity contribution is 7.89. The van der Waals surface area contributed by atoms with E-state index in [0.29, 0.717) is 32.8 Å². The van der Waals surface area contributed by atoms with Gasteiger partial charge in [0.15, 0.2) is 5.78 Å². The van der Waals surface area contributed by atoms with Gasteiger partial charge in [0.25, 0.3) is 10.0 Å². The molecule has 0 aliphatic carbocycles. The minimum Gasteiger partial charge on any atom is -0.496 e. The van der Waals surface area contributed by atoms with Crippen molar-refractivity contribution in [2.75, 3.05) is 20.8 Å². The van der Waals surface area contributed by atoms with Gasteiger partial charge in [-0.25, -0.2) is 12.7 Å². The van der Waals surface area contributed by atoms with E-state index in [4.69, 9.17) is 21.1 Å². The van der Waals surface area contributed by atoms with Crippen LogP contribution in [0.3, 0.4) is 0 Å². The molecule has 34 heavy (non-hydrogen) atoms. The number of rotatable bonds is 6. The van der Waals surface area contributed by atoms with Crippen LogP contribution >= 0.6 is 11.6 Å². The van der Waals surface area contributed by atoms with Gasteiger partial charge in [-0.05, 0) is 54.8 Å². The van der Waals surface area contributed by atoms with Crippen molar-refractivity contribution in [2.45, 2.75) is 30.3 Å². The molecule has 1 aliphatic heterocycles. The molecule has 2 aromatic rings. The second-order valence-electron chi connectivity index (χ2n) is 7.65. The summed E-state index contributed by atoms with van der Waals surface area (Å²) >= 11 is 6.04. The zero-order chi connectivity index (χ0) is 25.3. The van der Waals surface area contributed by atoms with E-state index in [9.17, 15) is 31.2 Å². The fourth-order valence-electron chi connectivity index (χ4n) is 3.72. The van der Waals surface area contributed by atoms with Crippen molar-refractivity contribution < 1.29 is 40.7 Å². The average Bonchev–Trinajstić information content (AvgIpc) is 2.92. The Kier molecular flexibility index (Phi) is 7.47. The number of halogens is 4. The minimum absolute atomic E-state index is 0.0155. The van der Waals surface area contributed by atoms with Gasteiger partial charge in [-0.3, -0.25) is 9.59 Å². The molecule has 0 saturated carbocycles. The van der Waals surface area contributed by atoms with Crippen molar-refractivity contribution in [3.8, 4) is 11.5 Å². The Balaban J connectivity index is 2.05. The fraction of sp³-hybridized carbons (Fsp3) is 0.364. The first-order valence-corrected chi connectivity index (χ1v) is 11.9. The zero-order valence-corrected chi connectivity index (χ0v) is 19.8. The third-order valence-electron chi connectivity index (χ3n) is 5.45. The van der Waals surface area contributed by atoms with E-state index in [0.717, 1.165) is 13.2 Å². The van der Waals surface area contributed by atoms with Crippen LogP contribution in [0, 0.1) is 5.92 Å². The summed E-state index contributed by atoms with van der Waals surface area (Å²) in [6, 6.07) is 6.65. The molecule has 2 aromatic carbocycles. The molecule has 1 saturated heterocycles. The first-order valence-electron chi connectivity index (χ1n) is 10.0. The van der Waals surface area contributed by atoms with E-state index in [2.05, 4.69) is 0 Å². The molecule has 1 aliphatic rings. The smallest absolute Gasteiger partial charge is 0.416 e. The number of ketones is 1. The van der Waals surface area contributed by atoms with Crippen molar-refractivity contribution in [3.63, 3.8) is 0 Å². The molecule has 7 nitrogen and oxygen atoms in total.